The lowest BCUT2D eigenvalue weighted by molar-refractivity contribution is -0.160. The molecule has 3 N–H and O–H groups in total. The van der Waals surface area contributed by atoms with Gasteiger partial charge in [0.05, 0.1) is 6.10 Å². The largest absolute Gasteiger partial charge is 0.479 e. The maximum Gasteiger partial charge on any atom is 0.332 e. The minimum absolute atomic E-state index is 0.121. The van der Waals surface area contributed by atoms with Crippen molar-refractivity contribution in [2.75, 3.05) is 6.54 Å². The molecule has 14 heavy (non-hydrogen) atoms. The third-order valence-electron chi connectivity index (χ3n) is 2.71. The van der Waals surface area contributed by atoms with Gasteiger partial charge in [0.15, 0.2) is 6.10 Å². The number of carboxylic acid groups (broad SMARTS) is 1. The minimum Gasteiger partial charge on any atom is -0.479 e. The minimum atomic E-state index is -0.844. The molecule has 0 aromatic carbocycles. The molecule has 0 saturated heterocycles. The maximum absolute atomic E-state index is 10.8. The van der Waals surface area contributed by atoms with Crippen molar-refractivity contribution >= 4 is 5.97 Å². The fourth-order valence-corrected chi connectivity index (χ4v) is 1.72. The molecule has 0 bridgehead atoms. The predicted octanol–water partition coefficient (Wildman–Crippen LogP) is 0.994. The third-order valence-corrected chi connectivity index (χ3v) is 2.71. The highest BCUT2D eigenvalue weighted by atomic mass is 16.5. The molecule has 1 unspecified atom stereocenters. The molecule has 4 heteroatoms. The second-order valence-corrected chi connectivity index (χ2v) is 3.95. The molecule has 1 aliphatic rings. The van der Waals surface area contributed by atoms with Crippen molar-refractivity contribution in [3.05, 3.63) is 0 Å². The summed E-state index contributed by atoms with van der Waals surface area (Å²) in [7, 11) is 0. The first-order valence-electron chi connectivity index (χ1n) is 5.25. The van der Waals surface area contributed by atoms with Crippen LogP contribution in [0.4, 0.5) is 0 Å². The monoisotopic (exact) mass is 201 g/mol. The molecule has 0 aromatic heterocycles. The van der Waals surface area contributed by atoms with Gasteiger partial charge in [-0.3, -0.25) is 0 Å². The van der Waals surface area contributed by atoms with Gasteiger partial charge >= 0.3 is 5.97 Å². The van der Waals surface area contributed by atoms with Crippen molar-refractivity contribution in [1.82, 2.24) is 0 Å². The van der Waals surface area contributed by atoms with E-state index in [0.717, 1.165) is 19.3 Å². The molecular formula is C10H19NO3. The molecule has 0 radical (unpaired) electrons. The first kappa shape index (κ1) is 11.5. The number of nitrogens with two attached hydrogens (primary N) is 1. The first-order valence-corrected chi connectivity index (χ1v) is 5.25. The van der Waals surface area contributed by atoms with Gasteiger partial charge in [0.1, 0.15) is 0 Å². The van der Waals surface area contributed by atoms with Crippen LogP contribution in [-0.4, -0.2) is 29.8 Å². The molecule has 1 atom stereocenters. The van der Waals surface area contributed by atoms with Crippen LogP contribution in [0, 0.1) is 5.92 Å². The van der Waals surface area contributed by atoms with Crippen molar-refractivity contribution in [3.63, 3.8) is 0 Å². The summed E-state index contributed by atoms with van der Waals surface area (Å²) in [6.07, 6.45) is 2.77. The summed E-state index contributed by atoms with van der Waals surface area (Å²) in [6, 6.07) is 0. The zero-order chi connectivity index (χ0) is 10.6. The lowest BCUT2D eigenvalue weighted by atomic mass is 9.82. The number of ether oxygens (including phenoxy) is 1. The van der Waals surface area contributed by atoms with Crippen molar-refractivity contribution in [1.29, 1.82) is 0 Å². The van der Waals surface area contributed by atoms with E-state index in [1.54, 1.807) is 0 Å². The van der Waals surface area contributed by atoms with Crippen LogP contribution in [0.5, 0.6) is 0 Å². The Kier molecular flexibility index (Phi) is 4.35. The number of carbonyl (C=O) groups is 1. The number of hydrogen-bond donors (Lipinski definition) is 2. The molecule has 0 spiro atoms. The topological polar surface area (TPSA) is 72.5 Å². The van der Waals surface area contributed by atoms with Crippen LogP contribution >= 0.6 is 0 Å². The smallest absolute Gasteiger partial charge is 0.332 e. The van der Waals surface area contributed by atoms with E-state index in [4.69, 9.17) is 15.6 Å². The Hall–Kier alpha value is -0.610. The Morgan fingerprint density at radius 2 is 2.29 bits per heavy atom. The highest BCUT2D eigenvalue weighted by Crippen LogP contribution is 2.30. The van der Waals surface area contributed by atoms with Gasteiger partial charge in [-0.05, 0) is 31.7 Å². The molecule has 0 amide bonds. The van der Waals surface area contributed by atoms with Crippen LogP contribution in [0.2, 0.25) is 0 Å². The molecule has 1 fully saturated rings. The van der Waals surface area contributed by atoms with Gasteiger partial charge in [-0.1, -0.05) is 13.3 Å². The van der Waals surface area contributed by atoms with Gasteiger partial charge in [-0.15, -0.1) is 0 Å². The molecule has 0 aromatic rings. The van der Waals surface area contributed by atoms with Crippen LogP contribution in [0.15, 0.2) is 0 Å². The molecule has 0 heterocycles. The van der Waals surface area contributed by atoms with Gasteiger partial charge in [0.2, 0.25) is 0 Å². The fraction of sp³-hybridized carbons (Fsp3) is 0.900. The summed E-state index contributed by atoms with van der Waals surface area (Å²) in [5.41, 5.74) is 5.47. The molecule has 0 aliphatic heterocycles. The molecular weight excluding hydrogens is 182 g/mol. The van der Waals surface area contributed by atoms with E-state index >= 15 is 0 Å². The lowest BCUT2D eigenvalue weighted by Gasteiger charge is -2.35. The van der Waals surface area contributed by atoms with Crippen LogP contribution in [-0.2, 0) is 9.53 Å². The molecule has 82 valence electrons. The van der Waals surface area contributed by atoms with Crippen LogP contribution in [0.25, 0.3) is 0 Å². The van der Waals surface area contributed by atoms with Crippen molar-refractivity contribution in [2.24, 2.45) is 11.7 Å². The average molecular weight is 201 g/mol. The molecule has 1 saturated carbocycles. The van der Waals surface area contributed by atoms with Gasteiger partial charge in [-0.2, -0.15) is 0 Å². The summed E-state index contributed by atoms with van der Waals surface area (Å²) < 4.78 is 5.47. The average Bonchev–Trinajstić information content (AvgIpc) is 2.08. The van der Waals surface area contributed by atoms with E-state index < -0.39 is 12.1 Å². The van der Waals surface area contributed by atoms with E-state index in [1.807, 2.05) is 6.92 Å². The van der Waals surface area contributed by atoms with Crippen LogP contribution < -0.4 is 5.73 Å². The Labute approximate surface area is 84.4 Å². The quantitative estimate of drug-likeness (QED) is 0.672. The zero-order valence-electron chi connectivity index (χ0n) is 8.61. The highest BCUT2D eigenvalue weighted by Gasteiger charge is 2.32. The van der Waals surface area contributed by atoms with Gasteiger partial charge in [0, 0.05) is 0 Å². The fourth-order valence-electron chi connectivity index (χ4n) is 1.72. The van der Waals surface area contributed by atoms with E-state index in [0.29, 0.717) is 18.9 Å². The molecule has 1 aliphatic carbocycles. The maximum atomic E-state index is 10.8. The predicted molar refractivity (Wildman–Crippen MR) is 53.0 cm³/mol. The molecule has 4 nitrogen and oxygen atoms in total. The standard InChI is InChI=1S/C10H19NO3/c1-2-3-9(10(12)13)14-8-4-7(5-8)6-11/h7-9H,2-6,11H2,1H3,(H,12,13). The number of aliphatic carboxylic acids is 1. The van der Waals surface area contributed by atoms with Gasteiger partial charge in [0.25, 0.3) is 0 Å². The molecule has 1 rings (SSSR count). The number of hydrogen-bond acceptors (Lipinski definition) is 3. The second kappa shape index (κ2) is 5.32. The third kappa shape index (κ3) is 2.96. The summed E-state index contributed by atoms with van der Waals surface area (Å²) in [6.45, 7) is 2.65. The van der Waals surface area contributed by atoms with Gasteiger partial charge < -0.3 is 15.6 Å². The SMILES string of the molecule is CCCC(OC1CC(CN)C1)C(=O)O. The zero-order valence-corrected chi connectivity index (χ0v) is 8.61. The summed E-state index contributed by atoms with van der Waals surface area (Å²) in [5, 5.41) is 8.85. The van der Waals surface area contributed by atoms with Crippen molar-refractivity contribution in [3.8, 4) is 0 Å². The first-order chi connectivity index (χ1) is 6.67. The van der Waals surface area contributed by atoms with E-state index in [2.05, 4.69) is 0 Å². The summed E-state index contributed by atoms with van der Waals surface area (Å²) in [4.78, 5) is 10.8. The van der Waals surface area contributed by atoms with Crippen LogP contribution in [0.3, 0.4) is 0 Å². The second-order valence-electron chi connectivity index (χ2n) is 3.95. The Morgan fingerprint density at radius 3 is 2.71 bits per heavy atom. The van der Waals surface area contributed by atoms with Crippen LogP contribution in [0.1, 0.15) is 32.6 Å². The summed E-state index contributed by atoms with van der Waals surface area (Å²) in [5.74, 6) is -0.306. The number of rotatable bonds is 6. The van der Waals surface area contributed by atoms with Gasteiger partial charge in [-0.25, -0.2) is 4.79 Å². The number of carboxylic acids is 1. The Morgan fingerprint density at radius 1 is 1.64 bits per heavy atom. The normalized spacial score (nSPS) is 28.1. The van der Waals surface area contributed by atoms with E-state index in [9.17, 15) is 4.79 Å². The highest BCUT2D eigenvalue weighted by molar-refractivity contribution is 5.72. The Bertz CT molecular complexity index is 190. The summed E-state index contributed by atoms with van der Waals surface area (Å²) >= 11 is 0. The lowest BCUT2D eigenvalue weighted by Crippen LogP contribution is -2.40. The van der Waals surface area contributed by atoms with E-state index in [-0.39, 0.29) is 6.10 Å². The van der Waals surface area contributed by atoms with Crippen molar-refractivity contribution < 1.29 is 14.6 Å². The van der Waals surface area contributed by atoms with E-state index in [1.165, 1.54) is 0 Å². The van der Waals surface area contributed by atoms with Crippen molar-refractivity contribution in [2.45, 2.75) is 44.8 Å². The Balaban J connectivity index is 2.24.